The zero-order chi connectivity index (χ0) is 12.3. The molecular weight excluding hydrogens is 212 g/mol. The van der Waals surface area contributed by atoms with Crippen molar-refractivity contribution in [2.75, 3.05) is 13.7 Å². The Morgan fingerprint density at radius 3 is 2.88 bits per heavy atom. The average molecular weight is 234 g/mol. The smallest absolute Gasteiger partial charge is 0.0590 e. The lowest BCUT2D eigenvalue weighted by Gasteiger charge is -2.25. The van der Waals surface area contributed by atoms with Gasteiger partial charge in [-0.05, 0) is 38.9 Å². The van der Waals surface area contributed by atoms with Crippen LogP contribution in [0.25, 0.3) is 0 Å². The highest BCUT2D eigenvalue weighted by Crippen LogP contribution is 2.25. The summed E-state index contributed by atoms with van der Waals surface area (Å²) in [6.45, 7) is 5.13. The summed E-state index contributed by atoms with van der Waals surface area (Å²) in [7, 11) is 2.03. The Morgan fingerprint density at radius 2 is 2.35 bits per heavy atom. The molecule has 1 fully saturated rings. The highest BCUT2D eigenvalue weighted by atomic mass is 16.5. The Bertz CT molecular complexity index is 350. The minimum Gasteiger partial charge on any atom is -0.378 e. The van der Waals surface area contributed by atoms with Crippen molar-refractivity contribution in [3.05, 3.63) is 29.6 Å². The van der Waals surface area contributed by atoms with Gasteiger partial charge in [0.05, 0.1) is 6.10 Å². The topological polar surface area (TPSA) is 34.2 Å². The summed E-state index contributed by atoms with van der Waals surface area (Å²) < 4.78 is 5.64. The highest BCUT2D eigenvalue weighted by Gasteiger charge is 2.31. The van der Waals surface area contributed by atoms with Gasteiger partial charge < -0.3 is 10.1 Å². The number of hydrogen-bond donors (Lipinski definition) is 1. The largest absolute Gasteiger partial charge is 0.378 e. The minimum atomic E-state index is 0.359. The lowest BCUT2D eigenvalue weighted by molar-refractivity contribution is 0.0962. The molecule has 1 aromatic heterocycles. The summed E-state index contributed by atoms with van der Waals surface area (Å²) in [6.07, 6.45) is 4.43. The van der Waals surface area contributed by atoms with Gasteiger partial charge in [-0.2, -0.15) is 0 Å². The molecule has 3 unspecified atom stereocenters. The second-order valence-electron chi connectivity index (χ2n) is 4.95. The SMILES string of the molecule is CNC(Cc1ccc(C)cn1)C1CCOC1C. The summed E-state index contributed by atoms with van der Waals surface area (Å²) in [4.78, 5) is 4.48. The molecule has 0 aromatic carbocycles. The van der Waals surface area contributed by atoms with Crippen molar-refractivity contribution in [2.24, 2.45) is 5.92 Å². The number of hydrogen-bond acceptors (Lipinski definition) is 3. The van der Waals surface area contributed by atoms with Crippen LogP contribution >= 0.6 is 0 Å². The first-order chi connectivity index (χ1) is 8.20. The van der Waals surface area contributed by atoms with Gasteiger partial charge in [-0.3, -0.25) is 4.98 Å². The predicted octanol–water partition coefficient (Wildman–Crippen LogP) is 1.95. The zero-order valence-corrected chi connectivity index (χ0v) is 10.9. The van der Waals surface area contributed by atoms with Crippen LogP contribution in [0.4, 0.5) is 0 Å². The van der Waals surface area contributed by atoms with E-state index in [0.29, 0.717) is 18.1 Å². The van der Waals surface area contributed by atoms with Crippen LogP contribution in [0.3, 0.4) is 0 Å². The van der Waals surface area contributed by atoms with E-state index in [4.69, 9.17) is 4.74 Å². The van der Waals surface area contributed by atoms with Gasteiger partial charge in [0.15, 0.2) is 0 Å². The molecule has 3 heteroatoms. The fourth-order valence-corrected chi connectivity index (χ4v) is 2.59. The van der Waals surface area contributed by atoms with E-state index in [0.717, 1.165) is 25.1 Å². The molecule has 0 amide bonds. The van der Waals surface area contributed by atoms with Crippen LogP contribution in [0.1, 0.15) is 24.6 Å². The van der Waals surface area contributed by atoms with E-state index in [1.807, 2.05) is 13.2 Å². The molecule has 1 aliphatic rings. The quantitative estimate of drug-likeness (QED) is 0.864. The highest BCUT2D eigenvalue weighted by molar-refractivity contribution is 5.13. The fraction of sp³-hybridized carbons (Fsp3) is 0.643. The van der Waals surface area contributed by atoms with Crippen molar-refractivity contribution in [1.29, 1.82) is 0 Å². The predicted molar refractivity (Wildman–Crippen MR) is 69.0 cm³/mol. The molecule has 94 valence electrons. The van der Waals surface area contributed by atoms with Crippen molar-refractivity contribution in [3.63, 3.8) is 0 Å². The van der Waals surface area contributed by atoms with E-state index >= 15 is 0 Å². The molecule has 1 N–H and O–H groups in total. The summed E-state index contributed by atoms with van der Waals surface area (Å²) in [6, 6.07) is 4.71. The van der Waals surface area contributed by atoms with Crippen molar-refractivity contribution in [2.45, 2.75) is 38.8 Å². The first-order valence-electron chi connectivity index (χ1n) is 6.41. The molecule has 2 heterocycles. The van der Waals surface area contributed by atoms with E-state index in [1.54, 1.807) is 0 Å². The number of aromatic nitrogens is 1. The standard InChI is InChI=1S/C14H22N2O/c1-10-4-5-12(16-9-10)8-14(15-3)13-6-7-17-11(13)2/h4-5,9,11,13-15H,6-8H2,1-3H3. The second kappa shape index (κ2) is 5.61. The van der Waals surface area contributed by atoms with Crippen LogP contribution in [0.2, 0.25) is 0 Å². The van der Waals surface area contributed by atoms with Crippen molar-refractivity contribution >= 4 is 0 Å². The third-order valence-electron chi connectivity index (χ3n) is 3.72. The molecule has 0 aliphatic carbocycles. The van der Waals surface area contributed by atoms with Crippen molar-refractivity contribution < 1.29 is 4.74 Å². The molecule has 1 aliphatic heterocycles. The Hall–Kier alpha value is -0.930. The van der Waals surface area contributed by atoms with E-state index in [1.165, 1.54) is 5.56 Å². The summed E-state index contributed by atoms with van der Waals surface area (Å²) in [5.74, 6) is 0.600. The van der Waals surface area contributed by atoms with Gasteiger partial charge in [0.2, 0.25) is 0 Å². The molecular formula is C14H22N2O. The van der Waals surface area contributed by atoms with Gasteiger partial charge in [-0.1, -0.05) is 6.07 Å². The van der Waals surface area contributed by atoms with Gasteiger partial charge >= 0.3 is 0 Å². The maximum absolute atomic E-state index is 5.64. The zero-order valence-electron chi connectivity index (χ0n) is 10.9. The van der Waals surface area contributed by atoms with Gasteiger partial charge in [0.25, 0.3) is 0 Å². The van der Waals surface area contributed by atoms with Gasteiger partial charge in [-0.15, -0.1) is 0 Å². The molecule has 0 saturated carbocycles. The maximum Gasteiger partial charge on any atom is 0.0590 e. The lowest BCUT2D eigenvalue weighted by atomic mass is 9.90. The average Bonchev–Trinajstić information content (AvgIpc) is 2.75. The molecule has 0 spiro atoms. The summed E-state index contributed by atoms with van der Waals surface area (Å²) in [5.41, 5.74) is 2.38. The van der Waals surface area contributed by atoms with E-state index in [-0.39, 0.29) is 0 Å². The number of rotatable bonds is 4. The number of nitrogens with one attached hydrogen (secondary N) is 1. The summed E-state index contributed by atoms with van der Waals surface area (Å²) >= 11 is 0. The molecule has 1 saturated heterocycles. The van der Waals surface area contributed by atoms with Crippen molar-refractivity contribution in [3.8, 4) is 0 Å². The van der Waals surface area contributed by atoms with E-state index in [2.05, 4.69) is 36.3 Å². The number of pyridine rings is 1. The number of ether oxygens (including phenoxy) is 1. The van der Waals surface area contributed by atoms with Crippen LogP contribution in [-0.4, -0.2) is 30.8 Å². The molecule has 17 heavy (non-hydrogen) atoms. The molecule has 3 nitrogen and oxygen atoms in total. The van der Waals surface area contributed by atoms with Crippen LogP contribution in [0.15, 0.2) is 18.3 Å². The summed E-state index contributed by atoms with van der Waals surface area (Å²) in [5, 5.41) is 3.42. The van der Waals surface area contributed by atoms with Crippen molar-refractivity contribution in [1.82, 2.24) is 10.3 Å². The molecule has 1 aromatic rings. The first kappa shape index (κ1) is 12.5. The Labute approximate surface area is 104 Å². The van der Waals surface area contributed by atoms with Gasteiger partial charge in [0.1, 0.15) is 0 Å². The fourth-order valence-electron chi connectivity index (χ4n) is 2.59. The molecule has 3 atom stereocenters. The number of nitrogens with zero attached hydrogens (tertiary/aromatic N) is 1. The van der Waals surface area contributed by atoms with Crippen LogP contribution in [0.5, 0.6) is 0 Å². The van der Waals surface area contributed by atoms with Gasteiger partial charge in [-0.25, -0.2) is 0 Å². The third kappa shape index (κ3) is 3.05. The third-order valence-corrected chi connectivity index (χ3v) is 3.72. The lowest BCUT2D eigenvalue weighted by Crippen LogP contribution is -2.39. The normalized spacial score (nSPS) is 26.1. The minimum absolute atomic E-state index is 0.359. The number of aryl methyl sites for hydroxylation is 1. The maximum atomic E-state index is 5.64. The van der Waals surface area contributed by atoms with Gasteiger partial charge in [0, 0.05) is 36.9 Å². The van der Waals surface area contributed by atoms with E-state index in [9.17, 15) is 0 Å². The van der Waals surface area contributed by atoms with E-state index < -0.39 is 0 Å². The van der Waals surface area contributed by atoms with Crippen LogP contribution in [0, 0.1) is 12.8 Å². The molecule has 0 radical (unpaired) electrons. The monoisotopic (exact) mass is 234 g/mol. The van der Waals surface area contributed by atoms with Crippen LogP contribution < -0.4 is 5.32 Å². The Kier molecular flexibility index (Phi) is 4.13. The number of likely N-dealkylation sites (N-methyl/N-ethyl adjacent to an activating group) is 1. The molecule has 2 rings (SSSR count). The first-order valence-corrected chi connectivity index (χ1v) is 6.41. The second-order valence-corrected chi connectivity index (χ2v) is 4.95. The Morgan fingerprint density at radius 1 is 1.53 bits per heavy atom. The Balaban J connectivity index is 2.01. The van der Waals surface area contributed by atoms with Crippen LogP contribution in [-0.2, 0) is 11.2 Å². The molecule has 0 bridgehead atoms.